The maximum Gasteiger partial charge on any atom is 0.126 e. The number of halogens is 1. The second kappa shape index (κ2) is 8.47. The van der Waals surface area contributed by atoms with Crippen molar-refractivity contribution in [3.63, 3.8) is 0 Å². The first kappa shape index (κ1) is 19.2. The van der Waals surface area contributed by atoms with Crippen LogP contribution in [0, 0.1) is 23.6 Å². The van der Waals surface area contributed by atoms with E-state index in [0.29, 0.717) is 18.6 Å². The topological polar surface area (TPSA) is 9.23 Å². The Morgan fingerprint density at radius 1 is 1.07 bits per heavy atom. The summed E-state index contributed by atoms with van der Waals surface area (Å²) in [4.78, 5) is 0. The van der Waals surface area contributed by atoms with Gasteiger partial charge >= 0.3 is 0 Å². The second-order valence-electron chi connectivity index (χ2n) is 9.25. The molecule has 2 fully saturated rings. The molecule has 1 aromatic carbocycles. The minimum Gasteiger partial charge on any atom is -0.374 e. The standard InChI is InChI=1S/C25H35FO/c1-3-11-27-23-10-9-18-13-21(8-7-19(18)14-23)24-15-20-6-5-17(4-2)12-22(20)16-25(24)26/h3,15-19,21,23H,1,4-14H2,2H3. The zero-order valence-corrected chi connectivity index (χ0v) is 16.9. The molecule has 0 aliphatic heterocycles. The van der Waals surface area contributed by atoms with E-state index in [9.17, 15) is 4.39 Å². The molecule has 3 aliphatic rings. The lowest BCUT2D eigenvalue weighted by atomic mass is 9.65. The number of benzene rings is 1. The molecule has 0 N–H and O–H groups in total. The number of fused-ring (bicyclic) bond motifs is 2. The third-order valence-corrected chi connectivity index (χ3v) is 7.68. The summed E-state index contributed by atoms with van der Waals surface area (Å²) < 4.78 is 20.9. The van der Waals surface area contributed by atoms with Gasteiger partial charge in [0.15, 0.2) is 0 Å². The Morgan fingerprint density at radius 3 is 2.70 bits per heavy atom. The summed E-state index contributed by atoms with van der Waals surface area (Å²) in [5.41, 5.74) is 3.73. The van der Waals surface area contributed by atoms with Gasteiger partial charge in [-0.1, -0.05) is 25.5 Å². The van der Waals surface area contributed by atoms with Crippen molar-refractivity contribution in [2.75, 3.05) is 6.61 Å². The largest absolute Gasteiger partial charge is 0.374 e. The summed E-state index contributed by atoms with van der Waals surface area (Å²) in [7, 11) is 0. The molecule has 3 aliphatic carbocycles. The summed E-state index contributed by atoms with van der Waals surface area (Å²) >= 11 is 0. The molecule has 2 heteroatoms. The lowest BCUT2D eigenvalue weighted by Crippen LogP contribution is -2.34. The highest BCUT2D eigenvalue weighted by Gasteiger charge is 2.37. The van der Waals surface area contributed by atoms with Gasteiger partial charge in [-0.3, -0.25) is 0 Å². The van der Waals surface area contributed by atoms with E-state index in [1.54, 1.807) is 0 Å². The first-order chi connectivity index (χ1) is 13.2. The molecule has 0 radical (unpaired) electrons. The van der Waals surface area contributed by atoms with Crippen LogP contribution < -0.4 is 0 Å². The predicted octanol–water partition coefficient (Wildman–Crippen LogP) is 6.60. The monoisotopic (exact) mass is 370 g/mol. The molecule has 27 heavy (non-hydrogen) atoms. The maximum atomic E-state index is 15.0. The average Bonchev–Trinajstić information content (AvgIpc) is 2.70. The maximum absolute atomic E-state index is 15.0. The number of hydrogen-bond acceptors (Lipinski definition) is 1. The van der Waals surface area contributed by atoms with Gasteiger partial charge in [-0.25, -0.2) is 4.39 Å². The van der Waals surface area contributed by atoms with Crippen molar-refractivity contribution in [2.45, 2.75) is 83.2 Å². The van der Waals surface area contributed by atoms with Crippen LogP contribution in [0.3, 0.4) is 0 Å². The average molecular weight is 371 g/mol. The van der Waals surface area contributed by atoms with Crippen LogP contribution in [0.25, 0.3) is 0 Å². The quantitative estimate of drug-likeness (QED) is 0.531. The zero-order valence-electron chi connectivity index (χ0n) is 16.9. The van der Waals surface area contributed by atoms with Crippen molar-refractivity contribution < 1.29 is 9.13 Å². The summed E-state index contributed by atoms with van der Waals surface area (Å²) in [5, 5.41) is 0. The van der Waals surface area contributed by atoms with E-state index in [4.69, 9.17) is 4.74 Å². The highest BCUT2D eigenvalue weighted by Crippen LogP contribution is 2.47. The molecule has 148 valence electrons. The third kappa shape index (κ3) is 4.16. The molecule has 0 saturated heterocycles. The first-order valence-electron chi connectivity index (χ1n) is 11.2. The van der Waals surface area contributed by atoms with Crippen LogP contribution in [0.1, 0.15) is 80.9 Å². The van der Waals surface area contributed by atoms with Gasteiger partial charge in [0, 0.05) is 0 Å². The number of aryl methyl sites for hydroxylation is 1. The smallest absolute Gasteiger partial charge is 0.126 e. The van der Waals surface area contributed by atoms with Gasteiger partial charge in [0.25, 0.3) is 0 Å². The molecule has 0 spiro atoms. The van der Waals surface area contributed by atoms with Gasteiger partial charge in [0.1, 0.15) is 5.82 Å². The minimum absolute atomic E-state index is 0.0666. The number of hydrogen-bond donors (Lipinski definition) is 0. The van der Waals surface area contributed by atoms with Gasteiger partial charge in [-0.05, 0) is 104 Å². The summed E-state index contributed by atoms with van der Waals surface area (Å²) in [6.07, 6.45) is 14.1. The zero-order chi connectivity index (χ0) is 18.8. The Labute approximate surface area is 164 Å². The van der Waals surface area contributed by atoms with Crippen LogP contribution in [-0.4, -0.2) is 12.7 Å². The molecule has 0 amide bonds. The van der Waals surface area contributed by atoms with Crippen LogP contribution in [0.15, 0.2) is 24.8 Å². The molecular formula is C25H35FO. The van der Waals surface area contributed by atoms with Crippen LogP contribution >= 0.6 is 0 Å². The third-order valence-electron chi connectivity index (χ3n) is 7.68. The molecule has 5 unspecified atom stereocenters. The molecule has 4 rings (SSSR count). The Balaban J connectivity index is 1.43. The van der Waals surface area contributed by atoms with E-state index in [1.807, 2.05) is 12.1 Å². The van der Waals surface area contributed by atoms with Crippen molar-refractivity contribution in [3.8, 4) is 0 Å². The number of ether oxygens (including phenoxy) is 1. The Morgan fingerprint density at radius 2 is 1.89 bits per heavy atom. The molecule has 0 aromatic heterocycles. The van der Waals surface area contributed by atoms with Crippen molar-refractivity contribution in [2.24, 2.45) is 17.8 Å². The Kier molecular flexibility index (Phi) is 6.02. The molecule has 2 saturated carbocycles. The van der Waals surface area contributed by atoms with Crippen LogP contribution in [0.5, 0.6) is 0 Å². The van der Waals surface area contributed by atoms with E-state index in [2.05, 4.69) is 19.6 Å². The SMILES string of the molecule is C=CCOC1CCC2CC(c3cc4c(cc3F)CC(CC)CC4)CCC2C1. The van der Waals surface area contributed by atoms with Crippen molar-refractivity contribution in [1.29, 1.82) is 0 Å². The second-order valence-corrected chi connectivity index (χ2v) is 9.25. The van der Waals surface area contributed by atoms with Crippen LogP contribution in [0.2, 0.25) is 0 Å². The number of rotatable bonds is 5. The highest BCUT2D eigenvalue weighted by atomic mass is 19.1. The first-order valence-corrected chi connectivity index (χ1v) is 11.2. The normalized spacial score (nSPS) is 33.2. The van der Waals surface area contributed by atoms with Gasteiger partial charge in [-0.2, -0.15) is 0 Å². The van der Waals surface area contributed by atoms with E-state index in [0.717, 1.165) is 49.0 Å². The molecule has 1 nitrogen and oxygen atoms in total. The van der Waals surface area contributed by atoms with Crippen molar-refractivity contribution in [1.82, 2.24) is 0 Å². The van der Waals surface area contributed by atoms with Crippen molar-refractivity contribution in [3.05, 3.63) is 47.3 Å². The minimum atomic E-state index is 0.0666. The fraction of sp³-hybridized carbons (Fsp3) is 0.680. The van der Waals surface area contributed by atoms with E-state index >= 15 is 0 Å². The van der Waals surface area contributed by atoms with Crippen LogP contribution in [-0.2, 0) is 17.6 Å². The van der Waals surface area contributed by atoms with E-state index < -0.39 is 0 Å². The molecule has 5 atom stereocenters. The van der Waals surface area contributed by atoms with Crippen molar-refractivity contribution >= 4 is 0 Å². The predicted molar refractivity (Wildman–Crippen MR) is 110 cm³/mol. The fourth-order valence-corrected chi connectivity index (χ4v) is 6.02. The molecule has 0 heterocycles. The van der Waals surface area contributed by atoms with E-state index in [-0.39, 0.29) is 5.82 Å². The molecule has 0 bridgehead atoms. The van der Waals surface area contributed by atoms with Gasteiger partial charge in [-0.15, -0.1) is 6.58 Å². The highest BCUT2D eigenvalue weighted by molar-refractivity contribution is 5.37. The molecular weight excluding hydrogens is 335 g/mol. The summed E-state index contributed by atoms with van der Waals surface area (Å²) in [6, 6.07) is 4.14. The van der Waals surface area contributed by atoms with Gasteiger partial charge < -0.3 is 4.74 Å². The summed E-state index contributed by atoms with van der Waals surface area (Å²) in [5.74, 6) is 2.77. The summed E-state index contributed by atoms with van der Waals surface area (Å²) in [6.45, 7) is 6.69. The van der Waals surface area contributed by atoms with Crippen LogP contribution in [0.4, 0.5) is 4.39 Å². The fourth-order valence-electron chi connectivity index (χ4n) is 6.02. The van der Waals surface area contributed by atoms with E-state index in [1.165, 1.54) is 49.7 Å². The molecule has 1 aromatic rings. The van der Waals surface area contributed by atoms with Gasteiger partial charge in [0.05, 0.1) is 12.7 Å². The van der Waals surface area contributed by atoms with Gasteiger partial charge in [0.2, 0.25) is 0 Å². The lowest BCUT2D eigenvalue weighted by Gasteiger charge is -2.42. The lowest BCUT2D eigenvalue weighted by molar-refractivity contribution is -0.00325. The Hall–Kier alpha value is -1.15. The Bertz CT molecular complexity index is 667.